The van der Waals surface area contributed by atoms with E-state index in [4.69, 9.17) is 10.2 Å². The van der Waals surface area contributed by atoms with E-state index in [1.807, 2.05) is 0 Å². The molecule has 2 atom stereocenters. The summed E-state index contributed by atoms with van der Waals surface area (Å²) in [6.07, 6.45) is -7.27. The second-order valence-electron chi connectivity index (χ2n) is 3.53. The Labute approximate surface area is 85.1 Å². The maximum atomic E-state index is 11.9. The highest BCUT2D eigenvalue weighted by molar-refractivity contribution is 5.73. The van der Waals surface area contributed by atoms with Crippen LogP contribution >= 0.6 is 0 Å². The number of halogens is 3. The van der Waals surface area contributed by atoms with Crippen LogP contribution in [0.3, 0.4) is 0 Å². The molecule has 0 heterocycles. The number of carboxylic acids is 1. The number of aliphatic carboxylic acids is 1. The summed E-state index contributed by atoms with van der Waals surface area (Å²) in [5.41, 5.74) is 0. The van der Waals surface area contributed by atoms with E-state index in [0.29, 0.717) is 0 Å². The minimum atomic E-state index is -4.73. The first-order valence-corrected chi connectivity index (χ1v) is 4.37. The number of rotatable bonds is 5. The van der Waals surface area contributed by atoms with Gasteiger partial charge in [-0.1, -0.05) is 13.8 Å². The van der Waals surface area contributed by atoms with Gasteiger partial charge in [-0.2, -0.15) is 13.2 Å². The van der Waals surface area contributed by atoms with Crippen molar-refractivity contribution in [3.8, 4) is 0 Å². The Morgan fingerprint density at radius 3 is 2.13 bits per heavy atom. The van der Waals surface area contributed by atoms with E-state index < -0.39 is 30.8 Å². The zero-order valence-corrected chi connectivity index (χ0v) is 8.38. The van der Waals surface area contributed by atoms with Gasteiger partial charge in [-0.25, -0.2) is 0 Å². The van der Waals surface area contributed by atoms with Crippen molar-refractivity contribution >= 4 is 5.97 Å². The predicted octanol–water partition coefficient (Wildman–Crippen LogP) is 0.608. The van der Waals surface area contributed by atoms with E-state index in [2.05, 4.69) is 5.32 Å². The molecular formula is C8H14F3NO3. The van der Waals surface area contributed by atoms with Gasteiger partial charge < -0.3 is 15.5 Å². The van der Waals surface area contributed by atoms with Crippen LogP contribution in [-0.2, 0) is 4.79 Å². The molecule has 0 aromatic carbocycles. The van der Waals surface area contributed by atoms with Crippen LogP contribution in [0.2, 0.25) is 0 Å². The van der Waals surface area contributed by atoms with Gasteiger partial charge in [0.05, 0.1) is 0 Å². The van der Waals surface area contributed by atoms with Crippen LogP contribution in [0.4, 0.5) is 13.2 Å². The zero-order chi connectivity index (χ0) is 12.2. The average molecular weight is 229 g/mol. The molecule has 0 aromatic heterocycles. The molecular weight excluding hydrogens is 215 g/mol. The molecule has 3 N–H and O–H groups in total. The summed E-state index contributed by atoms with van der Waals surface area (Å²) in [7, 11) is 0. The van der Waals surface area contributed by atoms with Crippen LogP contribution in [0.25, 0.3) is 0 Å². The monoisotopic (exact) mass is 229 g/mol. The Balaban J connectivity index is 4.18. The summed E-state index contributed by atoms with van der Waals surface area (Å²) in [5.74, 6) is -1.60. The third-order valence-electron chi connectivity index (χ3n) is 1.84. The molecule has 0 saturated heterocycles. The molecule has 15 heavy (non-hydrogen) atoms. The van der Waals surface area contributed by atoms with Gasteiger partial charge in [0, 0.05) is 6.54 Å². The molecule has 0 saturated carbocycles. The smallest absolute Gasteiger partial charge is 0.415 e. The second kappa shape index (κ2) is 5.32. The van der Waals surface area contributed by atoms with Crippen molar-refractivity contribution in [2.24, 2.45) is 5.92 Å². The Morgan fingerprint density at radius 1 is 1.40 bits per heavy atom. The molecule has 90 valence electrons. The highest BCUT2D eigenvalue weighted by Crippen LogP contribution is 2.19. The Bertz CT molecular complexity index is 218. The third-order valence-corrected chi connectivity index (χ3v) is 1.84. The standard InChI is InChI=1S/C8H14F3NO3/c1-4(2)6(7(14)15)12-3-5(13)8(9,10)11/h4-6,12-13H,3H2,1-2H3,(H,14,15). The number of hydrogen-bond acceptors (Lipinski definition) is 3. The van der Waals surface area contributed by atoms with Crippen molar-refractivity contribution in [3.05, 3.63) is 0 Å². The SMILES string of the molecule is CC(C)C(NCC(O)C(F)(F)F)C(=O)O. The molecule has 0 aliphatic rings. The van der Waals surface area contributed by atoms with Gasteiger partial charge in [0.2, 0.25) is 0 Å². The number of nitrogens with one attached hydrogen (secondary N) is 1. The molecule has 2 unspecified atom stereocenters. The van der Waals surface area contributed by atoms with E-state index >= 15 is 0 Å². The molecule has 0 rings (SSSR count). The lowest BCUT2D eigenvalue weighted by atomic mass is 10.0. The number of aliphatic hydroxyl groups is 1. The van der Waals surface area contributed by atoms with Crippen molar-refractivity contribution in [1.29, 1.82) is 0 Å². The first-order valence-electron chi connectivity index (χ1n) is 4.37. The van der Waals surface area contributed by atoms with Gasteiger partial charge in [0.1, 0.15) is 6.04 Å². The van der Waals surface area contributed by atoms with Gasteiger partial charge in [0.15, 0.2) is 6.10 Å². The second-order valence-corrected chi connectivity index (χ2v) is 3.53. The minimum absolute atomic E-state index is 0.358. The Hall–Kier alpha value is -0.820. The molecule has 0 bridgehead atoms. The van der Waals surface area contributed by atoms with Crippen molar-refractivity contribution < 1.29 is 28.2 Å². The average Bonchev–Trinajstić information content (AvgIpc) is 2.00. The fourth-order valence-electron chi connectivity index (χ4n) is 0.962. The van der Waals surface area contributed by atoms with E-state index in [0.717, 1.165) is 0 Å². The molecule has 0 aliphatic heterocycles. The molecule has 0 fully saturated rings. The number of hydrogen-bond donors (Lipinski definition) is 3. The van der Waals surface area contributed by atoms with E-state index in [9.17, 15) is 18.0 Å². The van der Waals surface area contributed by atoms with Gasteiger partial charge in [0.25, 0.3) is 0 Å². The number of carboxylic acid groups (broad SMARTS) is 1. The molecule has 0 aliphatic carbocycles. The summed E-state index contributed by atoms with van der Waals surface area (Å²) < 4.78 is 35.6. The largest absolute Gasteiger partial charge is 0.480 e. The molecule has 0 aromatic rings. The van der Waals surface area contributed by atoms with Crippen LogP contribution in [0.5, 0.6) is 0 Å². The normalized spacial score (nSPS) is 16.5. The highest BCUT2D eigenvalue weighted by atomic mass is 19.4. The summed E-state index contributed by atoms with van der Waals surface area (Å²) in [6, 6.07) is -1.10. The predicted molar refractivity (Wildman–Crippen MR) is 46.3 cm³/mol. The van der Waals surface area contributed by atoms with Crippen molar-refractivity contribution in [2.75, 3.05) is 6.54 Å². The van der Waals surface area contributed by atoms with Gasteiger partial charge >= 0.3 is 12.1 Å². The summed E-state index contributed by atoms with van der Waals surface area (Å²) in [6.45, 7) is 2.30. The first kappa shape index (κ1) is 14.2. The molecule has 0 amide bonds. The lowest BCUT2D eigenvalue weighted by Gasteiger charge is -2.21. The summed E-state index contributed by atoms with van der Waals surface area (Å²) in [4.78, 5) is 10.6. The quantitative estimate of drug-likeness (QED) is 0.646. The number of carbonyl (C=O) groups is 1. The summed E-state index contributed by atoms with van der Waals surface area (Å²) in [5, 5.41) is 19.4. The lowest BCUT2D eigenvalue weighted by molar-refractivity contribution is -0.202. The summed E-state index contributed by atoms with van der Waals surface area (Å²) >= 11 is 0. The lowest BCUT2D eigenvalue weighted by Crippen LogP contribution is -2.47. The maximum absolute atomic E-state index is 11.9. The molecule has 0 radical (unpaired) electrons. The van der Waals surface area contributed by atoms with E-state index in [1.165, 1.54) is 0 Å². The van der Waals surface area contributed by atoms with Crippen molar-refractivity contribution in [2.45, 2.75) is 32.2 Å². The Morgan fingerprint density at radius 2 is 1.87 bits per heavy atom. The molecule has 0 spiro atoms. The molecule has 4 nitrogen and oxygen atoms in total. The van der Waals surface area contributed by atoms with Gasteiger partial charge in [-0.05, 0) is 5.92 Å². The van der Waals surface area contributed by atoms with Crippen LogP contribution in [0.1, 0.15) is 13.8 Å². The van der Waals surface area contributed by atoms with E-state index in [-0.39, 0.29) is 5.92 Å². The fourth-order valence-corrected chi connectivity index (χ4v) is 0.962. The maximum Gasteiger partial charge on any atom is 0.415 e. The number of alkyl halides is 3. The van der Waals surface area contributed by atoms with Crippen LogP contribution in [0, 0.1) is 5.92 Å². The molecule has 7 heteroatoms. The first-order chi connectivity index (χ1) is 6.66. The van der Waals surface area contributed by atoms with Gasteiger partial charge in [-0.15, -0.1) is 0 Å². The zero-order valence-electron chi connectivity index (χ0n) is 8.38. The van der Waals surface area contributed by atoms with Crippen molar-refractivity contribution in [1.82, 2.24) is 5.32 Å². The van der Waals surface area contributed by atoms with Crippen molar-refractivity contribution in [3.63, 3.8) is 0 Å². The Kier molecular flexibility index (Phi) is 5.02. The van der Waals surface area contributed by atoms with Crippen LogP contribution < -0.4 is 5.32 Å². The third kappa shape index (κ3) is 4.98. The highest BCUT2D eigenvalue weighted by Gasteiger charge is 2.38. The van der Waals surface area contributed by atoms with Crippen LogP contribution in [-0.4, -0.2) is 41.0 Å². The van der Waals surface area contributed by atoms with Crippen LogP contribution in [0.15, 0.2) is 0 Å². The van der Waals surface area contributed by atoms with Gasteiger partial charge in [-0.3, -0.25) is 4.79 Å². The minimum Gasteiger partial charge on any atom is -0.480 e. The van der Waals surface area contributed by atoms with E-state index in [1.54, 1.807) is 13.8 Å². The topological polar surface area (TPSA) is 69.6 Å². The number of aliphatic hydroxyl groups excluding tert-OH is 1. The fraction of sp³-hybridized carbons (Fsp3) is 0.875.